The van der Waals surface area contributed by atoms with Crippen LogP contribution in [0.25, 0.3) is 0 Å². The molecule has 0 aromatic heterocycles. The molecule has 88 valence electrons. The zero-order chi connectivity index (χ0) is 11.9. The van der Waals surface area contributed by atoms with Crippen LogP contribution in [0.1, 0.15) is 20.8 Å². The zero-order valence-corrected chi connectivity index (χ0v) is 10.2. The first-order chi connectivity index (χ1) is 6.91. The number of guanidine groups is 1. The molecule has 3 N–H and O–H groups in total. The van der Waals surface area contributed by atoms with Crippen LogP contribution in [0.15, 0.2) is 17.6 Å². The van der Waals surface area contributed by atoms with Crippen LogP contribution in [0, 0.1) is 5.41 Å². The predicted molar refractivity (Wildman–Crippen MR) is 64.9 cm³/mol. The fourth-order valence-electron chi connectivity index (χ4n) is 1.12. The molecular formula is C11H23N3O. The molecule has 0 rings (SSSR count). The number of nitrogens with two attached hydrogens (primary N) is 1. The van der Waals surface area contributed by atoms with E-state index in [0.29, 0.717) is 19.0 Å². The first-order valence-electron chi connectivity index (χ1n) is 5.09. The van der Waals surface area contributed by atoms with Gasteiger partial charge in [0.05, 0.1) is 12.6 Å². The summed E-state index contributed by atoms with van der Waals surface area (Å²) in [6.07, 6.45) is 1.81. The van der Waals surface area contributed by atoms with Gasteiger partial charge in [-0.25, -0.2) is 0 Å². The van der Waals surface area contributed by atoms with E-state index in [9.17, 15) is 0 Å². The van der Waals surface area contributed by atoms with Crippen molar-refractivity contribution in [3.63, 3.8) is 0 Å². The van der Waals surface area contributed by atoms with Crippen molar-refractivity contribution in [2.24, 2.45) is 16.1 Å². The second kappa shape index (κ2) is 6.45. The normalized spacial score (nSPS) is 14.8. The molecule has 0 saturated carbocycles. The molecule has 0 aliphatic carbocycles. The van der Waals surface area contributed by atoms with E-state index in [1.165, 1.54) is 0 Å². The van der Waals surface area contributed by atoms with Gasteiger partial charge in [0.15, 0.2) is 5.96 Å². The van der Waals surface area contributed by atoms with Crippen molar-refractivity contribution in [1.82, 2.24) is 5.32 Å². The summed E-state index contributed by atoms with van der Waals surface area (Å²) in [4.78, 5) is 4.21. The van der Waals surface area contributed by atoms with Gasteiger partial charge in [-0.3, -0.25) is 4.99 Å². The van der Waals surface area contributed by atoms with Crippen molar-refractivity contribution in [2.75, 3.05) is 20.2 Å². The quantitative estimate of drug-likeness (QED) is 0.409. The van der Waals surface area contributed by atoms with Crippen molar-refractivity contribution in [3.05, 3.63) is 12.7 Å². The van der Waals surface area contributed by atoms with Crippen LogP contribution < -0.4 is 11.1 Å². The monoisotopic (exact) mass is 213 g/mol. The van der Waals surface area contributed by atoms with Crippen molar-refractivity contribution in [3.8, 4) is 0 Å². The molecule has 0 amide bonds. The number of rotatable bonds is 5. The van der Waals surface area contributed by atoms with E-state index in [0.717, 1.165) is 0 Å². The Kier molecular flexibility index (Phi) is 6.01. The fraction of sp³-hybridized carbons (Fsp3) is 0.727. The van der Waals surface area contributed by atoms with Crippen LogP contribution in [0.3, 0.4) is 0 Å². The highest BCUT2D eigenvalue weighted by Crippen LogP contribution is 2.21. The number of hydrogen-bond donors (Lipinski definition) is 2. The Morgan fingerprint density at radius 3 is 2.60 bits per heavy atom. The topological polar surface area (TPSA) is 59.6 Å². The lowest BCUT2D eigenvalue weighted by molar-refractivity contribution is 0.0241. The summed E-state index contributed by atoms with van der Waals surface area (Å²) < 4.78 is 5.36. The predicted octanol–water partition coefficient (Wildman–Crippen LogP) is 1.14. The van der Waals surface area contributed by atoms with Crippen LogP contribution >= 0.6 is 0 Å². The highest BCUT2D eigenvalue weighted by atomic mass is 16.5. The number of aliphatic imine (C=N–C) groups is 1. The van der Waals surface area contributed by atoms with Crippen molar-refractivity contribution >= 4 is 5.96 Å². The molecule has 1 unspecified atom stereocenters. The van der Waals surface area contributed by atoms with Gasteiger partial charge in [-0.05, 0) is 5.41 Å². The van der Waals surface area contributed by atoms with E-state index in [-0.39, 0.29) is 11.5 Å². The molecule has 1 atom stereocenters. The SMILES string of the molecule is C=CCNC(N)=NCC(OC)C(C)(C)C. The van der Waals surface area contributed by atoms with Gasteiger partial charge in [-0.2, -0.15) is 0 Å². The standard InChI is InChI=1S/C11H23N3O/c1-6-7-13-10(12)14-8-9(15-5)11(2,3)4/h6,9H,1,7-8H2,2-5H3,(H3,12,13,14). The number of hydrogen-bond acceptors (Lipinski definition) is 2. The lowest BCUT2D eigenvalue weighted by Gasteiger charge is -2.27. The van der Waals surface area contributed by atoms with E-state index >= 15 is 0 Å². The molecular weight excluding hydrogens is 190 g/mol. The van der Waals surface area contributed by atoms with Crippen molar-refractivity contribution in [1.29, 1.82) is 0 Å². The molecule has 0 aromatic rings. The average molecular weight is 213 g/mol. The third kappa shape index (κ3) is 6.12. The van der Waals surface area contributed by atoms with Crippen LogP contribution in [0.4, 0.5) is 0 Å². The lowest BCUT2D eigenvalue weighted by Crippen LogP contribution is -2.35. The van der Waals surface area contributed by atoms with Crippen molar-refractivity contribution < 1.29 is 4.74 Å². The number of nitrogens with one attached hydrogen (secondary N) is 1. The first kappa shape index (κ1) is 14.0. The smallest absolute Gasteiger partial charge is 0.188 e. The summed E-state index contributed by atoms with van der Waals surface area (Å²) >= 11 is 0. The summed E-state index contributed by atoms with van der Waals surface area (Å²) in [5.41, 5.74) is 5.71. The molecule has 0 heterocycles. The van der Waals surface area contributed by atoms with Crippen LogP contribution in [0.5, 0.6) is 0 Å². The Labute approximate surface area is 92.6 Å². The summed E-state index contributed by atoms with van der Waals surface area (Å²) in [5, 5.41) is 2.92. The molecule has 0 bridgehead atoms. The molecule has 4 nitrogen and oxygen atoms in total. The Morgan fingerprint density at radius 1 is 1.60 bits per heavy atom. The molecule has 0 aromatic carbocycles. The highest BCUT2D eigenvalue weighted by Gasteiger charge is 2.23. The minimum absolute atomic E-state index is 0.0664. The maximum atomic E-state index is 5.64. The van der Waals surface area contributed by atoms with Crippen molar-refractivity contribution in [2.45, 2.75) is 26.9 Å². The zero-order valence-electron chi connectivity index (χ0n) is 10.2. The van der Waals surface area contributed by atoms with Crippen LogP contribution in [-0.2, 0) is 4.74 Å². The fourth-order valence-corrected chi connectivity index (χ4v) is 1.12. The molecule has 4 heteroatoms. The number of nitrogens with zero attached hydrogens (tertiary/aromatic N) is 1. The summed E-state index contributed by atoms with van der Waals surface area (Å²) in [5.74, 6) is 0.432. The van der Waals surface area contributed by atoms with Crippen LogP contribution in [0.2, 0.25) is 0 Å². The Balaban J connectivity index is 4.14. The molecule has 15 heavy (non-hydrogen) atoms. The van der Waals surface area contributed by atoms with E-state index in [2.05, 4.69) is 37.7 Å². The summed E-state index contributed by atoms with van der Waals surface area (Å²) in [7, 11) is 1.69. The van der Waals surface area contributed by atoms with E-state index in [4.69, 9.17) is 10.5 Å². The molecule has 0 radical (unpaired) electrons. The van der Waals surface area contributed by atoms with Gasteiger partial charge in [0.2, 0.25) is 0 Å². The largest absolute Gasteiger partial charge is 0.379 e. The third-order valence-electron chi connectivity index (χ3n) is 2.11. The first-order valence-corrected chi connectivity index (χ1v) is 5.09. The maximum Gasteiger partial charge on any atom is 0.188 e. The highest BCUT2D eigenvalue weighted by molar-refractivity contribution is 5.77. The van der Waals surface area contributed by atoms with Gasteiger partial charge in [-0.1, -0.05) is 26.8 Å². The van der Waals surface area contributed by atoms with E-state index in [1.54, 1.807) is 13.2 Å². The summed E-state index contributed by atoms with van der Waals surface area (Å²) in [6, 6.07) is 0. The molecule has 0 aliphatic rings. The number of methoxy groups -OCH3 is 1. The van der Waals surface area contributed by atoms with Gasteiger partial charge >= 0.3 is 0 Å². The average Bonchev–Trinajstić information content (AvgIpc) is 2.13. The van der Waals surface area contributed by atoms with Gasteiger partial charge < -0.3 is 15.8 Å². The third-order valence-corrected chi connectivity index (χ3v) is 2.11. The van der Waals surface area contributed by atoms with Gasteiger partial charge in [-0.15, -0.1) is 6.58 Å². The Morgan fingerprint density at radius 2 is 2.20 bits per heavy atom. The lowest BCUT2D eigenvalue weighted by atomic mass is 9.89. The van der Waals surface area contributed by atoms with Gasteiger partial charge in [0.1, 0.15) is 0 Å². The molecule has 0 spiro atoms. The minimum Gasteiger partial charge on any atom is -0.379 e. The minimum atomic E-state index is 0.0664. The molecule has 0 saturated heterocycles. The number of ether oxygens (including phenoxy) is 1. The molecule has 0 aliphatic heterocycles. The van der Waals surface area contributed by atoms with E-state index in [1.807, 2.05) is 0 Å². The van der Waals surface area contributed by atoms with Gasteiger partial charge in [0, 0.05) is 13.7 Å². The van der Waals surface area contributed by atoms with Crippen LogP contribution in [-0.4, -0.2) is 32.3 Å². The van der Waals surface area contributed by atoms with Gasteiger partial charge in [0.25, 0.3) is 0 Å². The summed E-state index contributed by atoms with van der Waals surface area (Å²) in [6.45, 7) is 11.1. The maximum absolute atomic E-state index is 5.64. The Hall–Kier alpha value is -1.03. The van der Waals surface area contributed by atoms with E-state index < -0.39 is 0 Å². The second-order valence-electron chi connectivity index (χ2n) is 4.49. The Bertz CT molecular complexity index is 218. The second-order valence-corrected chi connectivity index (χ2v) is 4.49. The molecule has 0 fully saturated rings.